The van der Waals surface area contributed by atoms with E-state index in [1.165, 1.54) is 11.3 Å². The van der Waals surface area contributed by atoms with Crippen molar-refractivity contribution in [1.29, 1.82) is 0 Å². The first kappa shape index (κ1) is 15.7. The quantitative estimate of drug-likeness (QED) is 0.716. The fraction of sp³-hybridized carbons (Fsp3) is 0.0667. The van der Waals surface area contributed by atoms with Crippen molar-refractivity contribution in [3.8, 4) is 21.1 Å². The molecule has 1 amide bonds. The molecule has 1 N–H and O–H groups in total. The highest BCUT2D eigenvalue weighted by Gasteiger charge is 2.39. The van der Waals surface area contributed by atoms with Crippen molar-refractivity contribution in [2.45, 2.75) is 6.18 Å². The van der Waals surface area contributed by atoms with Crippen LogP contribution in [0.5, 0.6) is 0 Å². The molecule has 23 heavy (non-hydrogen) atoms. The number of hydrogen-bond donors (Lipinski definition) is 1. The summed E-state index contributed by atoms with van der Waals surface area (Å²) >= 11 is 2.45. The number of amides is 1. The number of aromatic nitrogens is 1. The molecule has 1 aromatic carbocycles. The van der Waals surface area contributed by atoms with Gasteiger partial charge in [-0.05, 0) is 11.4 Å². The Kier molecular flexibility index (Phi) is 4.18. The van der Waals surface area contributed by atoms with Crippen molar-refractivity contribution < 1.29 is 18.0 Å². The maximum absolute atomic E-state index is 12.5. The summed E-state index contributed by atoms with van der Waals surface area (Å²) in [4.78, 5) is 16.5. The molecule has 3 rings (SSSR count). The van der Waals surface area contributed by atoms with Crippen LogP contribution in [-0.2, 0) is 4.79 Å². The van der Waals surface area contributed by atoms with E-state index in [-0.39, 0.29) is 5.00 Å². The van der Waals surface area contributed by atoms with Gasteiger partial charge in [-0.3, -0.25) is 4.79 Å². The Bertz CT molecular complexity index is 811. The smallest absolute Gasteiger partial charge is 0.308 e. The van der Waals surface area contributed by atoms with Crippen molar-refractivity contribution in [2.75, 3.05) is 5.32 Å². The number of thiazole rings is 1. The molecule has 118 valence electrons. The fourth-order valence-electron chi connectivity index (χ4n) is 1.88. The maximum atomic E-state index is 12.5. The van der Waals surface area contributed by atoms with Gasteiger partial charge in [-0.1, -0.05) is 47.7 Å². The zero-order valence-electron chi connectivity index (χ0n) is 11.4. The highest BCUT2D eigenvalue weighted by atomic mass is 32.1. The second-order valence-corrected chi connectivity index (χ2v) is 6.44. The highest BCUT2D eigenvalue weighted by Crippen LogP contribution is 2.39. The van der Waals surface area contributed by atoms with Crippen LogP contribution in [0.15, 0.2) is 47.8 Å². The molecule has 0 saturated heterocycles. The lowest BCUT2D eigenvalue weighted by Crippen LogP contribution is -2.29. The summed E-state index contributed by atoms with van der Waals surface area (Å²) in [5, 5.41) is 4.43. The van der Waals surface area contributed by atoms with E-state index < -0.39 is 12.1 Å². The van der Waals surface area contributed by atoms with Gasteiger partial charge in [-0.25, -0.2) is 4.98 Å². The molecule has 0 aliphatic rings. The van der Waals surface area contributed by atoms with Crippen LogP contribution in [0.4, 0.5) is 18.2 Å². The summed E-state index contributed by atoms with van der Waals surface area (Å²) in [5.74, 6) is -2.00. The average molecular weight is 354 g/mol. The molecular formula is C15H9F3N2OS2. The van der Waals surface area contributed by atoms with Gasteiger partial charge >= 0.3 is 12.1 Å². The molecule has 0 atom stereocenters. The van der Waals surface area contributed by atoms with Crippen molar-refractivity contribution in [3.63, 3.8) is 0 Å². The zero-order chi connectivity index (χ0) is 16.4. The number of alkyl halides is 3. The van der Waals surface area contributed by atoms with Gasteiger partial charge in [-0.2, -0.15) is 13.2 Å². The molecule has 0 aliphatic heterocycles. The Morgan fingerprint density at radius 2 is 1.83 bits per heavy atom. The lowest BCUT2D eigenvalue weighted by Gasteiger charge is -2.07. The van der Waals surface area contributed by atoms with Gasteiger partial charge in [-0.15, -0.1) is 11.3 Å². The van der Waals surface area contributed by atoms with Crippen LogP contribution in [-0.4, -0.2) is 17.1 Å². The number of hydrogen-bond acceptors (Lipinski definition) is 4. The van der Waals surface area contributed by atoms with Gasteiger partial charge in [0.15, 0.2) is 0 Å². The average Bonchev–Trinajstić information content (AvgIpc) is 3.16. The minimum absolute atomic E-state index is 0.0851. The minimum Gasteiger partial charge on any atom is -0.308 e. The topological polar surface area (TPSA) is 42.0 Å². The van der Waals surface area contributed by atoms with Crippen LogP contribution in [0.2, 0.25) is 0 Å². The molecule has 0 spiro atoms. The second-order valence-electron chi connectivity index (χ2n) is 4.49. The largest absolute Gasteiger partial charge is 0.471 e. The van der Waals surface area contributed by atoms with E-state index in [1.807, 2.05) is 22.8 Å². The molecule has 0 bridgehead atoms. The molecule has 3 aromatic rings. The van der Waals surface area contributed by atoms with Gasteiger partial charge in [0.05, 0.1) is 4.88 Å². The lowest BCUT2D eigenvalue weighted by molar-refractivity contribution is -0.167. The van der Waals surface area contributed by atoms with E-state index in [1.54, 1.807) is 30.3 Å². The summed E-state index contributed by atoms with van der Waals surface area (Å²) in [7, 11) is 0. The van der Waals surface area contributed by atoms with Gasteiger partial charge < -0.3 is 5.32 Å². The first-order valence-electron chi connectivity index (χ1n) is 6.43. The number of rotatable bonds is 3. The second kappa shape index (κ2) is 6.13. The van der Waals surface area contributed by atoms with Gasteiger partial charge in [0.25, 0.3) is 0 Å². The Balaban J connectivity index is 2.04. The fourth-order valence-corrected chi connectivity index (χ4v) is 3.66. The van der Waals surface area contributed by atoms with Crippen LogP contribution in [0.25, 0.3) is 21.1 Å². The van der Waals surface area contributed by atoms with Crippen molar-refractivity contribution in [1.82, 2.24) is 4.98 Å². The van der Waals surface area contributed by atoms with Gasteiger partial charge in [0.2, 0.25) is 0 Å². The molecule has 0 saturated carbocycles. The Morgan fingerprint density at radius 3 is 2.43 bits per heavy atom. The van der Waals surface area contributed by atoms with Crippen LogP contribution >= 0.6 is 22.7 Å². The van der Waals surface area contributed by atoms with Gasteiger partial charge in [0.1, 0.15) is 15.7 Å². The van der Waals surface area contributed by atoms with Crippen LogP contribution < -0.4 is 5.32 Å². The number of thiophene rings is 1. The van der Waals surface area contributed by atoms with E-state index >= 15 is 0 Å². The number of anilines is 1. The number of nitrogens with zero attached hydrogens (tertiary/aromatic N) is 1. The summed E-state index contributed by atoms with van der Waals surface area (Å²) in [6.45, 7) is 0. The molecule has 0 unspecified atom stereocenters. The van der Waals surface area contributed by atoms with Crippen molar-refractivity contribution in [2.24, 2.45) is 0 Å². The monoisotopic (exact) mass is 354 g/mol. The maximum Gasteiger partial charge on any atom is 0.471 e. The Morgan fingerprint density at radius 1 is 1.09 bits per heavy atom. The third kappa shape index (κ3) is 3.43. The molecule has 2 aromatic heterocycles. The molecule has 0 radical (unpaired) electrons. The highest BCUT2D eigenvalue weighted by molar-refractivity contribution is 7.23. The predicted octanol–water partition coefficient (Wildman–Crippen LogP) is 5.04. The molecule has 0 fully saturated rings. The predicted molar refractivity (Wildman–Crippen MR) is 85.5 cm³/mol. The number of carbonyl (C=O) groups is 1. The number of benzene rings is 1. The zero-order valence-corrected chi connectivity index (χ0v) is 13.1. The van der Waals surface area contributed by atoms with E-state index in [4.69, 9.17) is 0 Å². The number of carbonyl (C=O) groups excluding carboxylic acids is 1. The third-order valence-corrected chi connectivity index (χ3v) is 4.90. The first-order chi connectivity index (χ1) is 10.9. The van der Waals surface area contributed by atoms with E-state index in [9.17, 15) is 18.0 Å². The normalized spacial score (nSPS) is 11.4. The lowest BCUT2D eigenvalue weighted by atomic mass is 10.1. The van der Waals surface area contributed by atoms with E-state index in [0.717, 1.165) is 16.2 Å². The standard InChI is InChI=1S/C15H9F3N2OS2/c16-15(17,18)14(21)20-13-11(9-5-2-1-3-6-9)19-12(23-13)10-7-4-8-22-10/h1-8H,(H,20,21). The first-order valence-corrected chi connectivity index (χ1v) is 8.13. The molecular weight excluding hydrogens is 345 g/mol. The summed E-state index contributed by atoms with van der Waals surface area (Å²) in [6, 6.07) is 12.4. The molecule has 8 heteroatoms. The van der Waals surface area contributed by atoms with Crippen LogP contribution in [0.1, 0.15) is 0 Å². The third-order valence-electron chi connectivity index (χ3n) is 2.89. The number of nitrogens with one attached hydrogen (secondary N) is 1. The van der Waals surface area contributed by atoms with E-state index in [2.05, 4.69) is 4.98 Å². The molecule has 3 nitrogen and oxygen atoms in total. The minimum atomic E-state index is -4.94. The molecule has 2 heterocycles. The van der Waals surface area contributed by atoms with Crippen LogP contribution in [0.3, 0.4) is 0 Å². The SMILES string of the molecule is O=C(Nc1sc(-c2cccs2)nc1-c1ccccc1)C(F)(F)F. The van der Waals surface area contributed by atoms with Crippen molar-refractivity contribution >= 4 is 33.6 Å². The summed E-state index contributed by atoms with van der Waals surface area (Å²) in [5.41, 5.74) is 0.973. The Labute approximate surface area is 137 Å². The number of halogens is 3. The summed E-state index contributed by atoms with van der Waals surface area (Å²) < 4.78 is 37.6. The summed E-state index contributed by atoms with van der Waals surface area (Å²) in [6.07, 6.45) is -4.94. The van der Waals surface area contributed by atoms with Crippen molar-refractivity contribution in [3.05, 3.63) is 47.8 Å². The molecule has 0 aliphatic carbocycles. The Hall–Kier alpha value is -2.19. The van der Waals surface area contributed by atoms with Crippen LogP contribution in [0, 0.1) is 0 Å². The van der Waals surface area contributed by atoms with E-state index in [0.29, 0.717) is 16.3 Å². The van der Waals surface area contributed by atoms with Gasteiger partial charge in [0, 0.05) is 5.56 Å².